The van der Waals surface area contributed by atoms with Gasteiger partial charge in [0.15, 0.2) is 0 Å². The van der Waals surface area contributed by atoms with Crippen molar-refractivity contribution in [2.75, 3.05) is 19.6 Å². The van der Waals surface area contributed by atoms with Crippen LogP contribution in [0.5, 0.6) is 0 Å². The standard InChI is InChI=1S/C26H32N2O2/c1-3-27-25(30)26(14-15-28(18-26)24(29)20-10-7-11-20)17-22-9-4-5-13-23(22)21-12-6-8-19(2)16-21/h4-6,8-9,12-13,16,20H,3,7,10-11,14-15,17-18H2,1-2H3,(H,27,30). The van der Waals surface area contributed by atoms with Crippen LogP contribution >= 0.6 is 0 Å². The zero-order chi connectivity index (χ0) is 21.1. The van der Waals surface area contributed by atoms with Crippen molar-refractivity contribution in [3.63, 3.8) is 0 Å². The van der Waals surface area contributed by atoms with Gasteiger partial charge in [0.2, 0.25) is 11.8 Å². The number of nitrogens with zero attached hydrogens (tertiary/aromatic N) is 1. The van der Waals surface area contributed by atoms with E-state index in [0.717, 1.165) is 25.7 Å². The van der Waals surface area contributed by atoms with E-state index in [0.29, 0.717) is 26.1 Å². The van der Waals surface area contributed by atoms with Crippen molar-refractivity contribution in [1.29, 1.82) is 0 Å². The number of nitrogens with one attached hydrogen (secondary N) is 1. The summed E-state index contributed by atoms with van der Waals surface area (Å²) in [5.74, 6) is 0.502. The van der Waals surface area contributed by atoms with E-state index in [1.54, 1.807) is 0 Å². The molecule has 0 radical (unpaired) electrons. The lowest BCUT2D eigenvalue weighted by atomic mass is 9.78. The maximum absolute atomic E-state index is 13.2. The molecule has 30 heavy (non-hydrogen) atoms. The van der Waals surface area contributed by atoms with Crippen LogP contribution in [0, 0.1) is 18.3 Å². The molecule has 2 aromatic rings. The lowest BCUT2D eigenvalue weighted by Crippen LogP contribution is -2.46. The molecule has 0 aromatic heterocycles. The van der Waals surface area contributed by atoms with Crippen LogP contribution in [-0.4, -0.2) is 36.3 Å². The summed E-state index contributed by atoms with van der Waals surface area (Å²) >= 11 is 0. The van der Waals surface area contributed by atoms with Gasteiger partial charge in [-0.05, 0) is 56.2 Å². The predicted octanol–water partition coefficient (Wildman–Crippen LogP) is 4.36. The smallest absolute Gasteiger partial charge is 0.228 e. The van der Waals surface area contributed by atoms with E-state index < -0.39 is 5.41 Å². The number of hydrogen-bond donors (Lipinski definition) is 1. The highest BCUT2D eigenvalue weighted by Crippen LogP contribution is 2.39. The van der Waals surface area contributed by atoms with Gasteiger partial charge in [-0.25, -0.2) is 0 Å². The molecule has 1 aliphatic heterocycles. The first-order valence-electron chi connectivity index (χ1n) is 11.2. The Morgan fingerprint density at radius 1 is 1.13 bits per heavy atom. The van der Waals surface area contributed by atoms with Gasteiger partial charge < -0.3 is 10.2 Å². The van der Waals surface area contributed by atoms with E-state index in [2.05, 4.69) is 54.7 Å². The average molecular weight is 405 g/mol. The average Bonchev–Trinajstić information content (AvgIpc) is 3.13. The number of hydrogen-bond acceptors (Lipinski definition) is 2. The molecule has 1 saturated heterocycles. The number of carbonyl (C=O) groups excluding carboxylic acids is 2. The summed E-state index contributed by atoms with van der Waals surface area (Å²) in [7, 11) is 0. The van der Waals surface area contributed by atoms with E-state index >= 15 is 0 Å². The molecular weight excluding hydrogens is 372 g/mol. The Kier molecular flexibility index (Phi) is 5.94. The highest BCUT2D eigenvalue weighted by atomic mass is 16.2. The minimum Gasteiger partial charge on any atom is -0.356 e. The molecule has 4 nitrogen and oxygen atoms in total. The Balaban J connectivity index is 1.64. The Morgan fingerprint density at radius 3 is 2.63 bits per heavy atom. The first-order chi connectivity index (χ1) is 14.5. The lowest BCUT2D eigenvalue weighted by molar-refractivity contribution is -0.138. The van der Waals surface area contributed by atoms with E-state index in [-0.39, 0.29) is 17.7 Å². The van der Waals surface area contributed by atoms with Crippen LogP contribution in [-0.2, 0) is 16.0 Å². The maximum atomic E-state index is 13.2. The van der Waals surface area contributed by atoms with Gasteiger partial charge in [0.1, 0.15) is 0 Å². The summed E-state index contributed by atoms with van der Waals surface area (Å²) in [5, 5.41) is 3.06. The second-order valence-electron chi connectivity index (χ2n) is 8.98. The van der Waals surface area contributed by atoms with Crippen LogP contribution in [0.3, 0.4) is 0 Å². The van der Waals surface area contributed by atoms with Crippen molar-refractivity contribution in [3.05, 3.63) is 59.7 Å². The Hall–Kier alpha value is -2.62. The predicted molar refractivity (Wildman–Crippen MR) is 120 cm³/mol. The van der Waals surface area contributed by atoms with Crippen molar-refractivity contribution >= 4 is 11.8 Å². The normalized spacial score (nSPS) is 21.3. The number of amides is 2. The Bertz CT molecular complexity index is 934. The largest absolute Gasteiger partial charge is 0.356 e. The minimum atomic E-state index is -0.560. The van der Waals surface area contributed by atoms with Crippen molar-refractivity contribution < 1.29 is 9.59 Å². The van der Waals surface area contributed by atoms with Gasteiger partial charge in [-0.15, -0.1) is 0 Å². The zero-order valence-corrected chi connectivity index (χ0v) is 18.1. The van der Waals surface area contributed by atoms with Gasteiger partial charge in [0, 0.05) is 25.6 Å². The van der Waals surface area contributed by atoms with E-state index in [9.17, 15) is 9.59 Å². The topological polar surface area (TPSA) is 49.4 Å². The van der Waals surface area contributed by atoms with Gasteiger partial charge in [-0.3, -0.25) is 9.59 Å². The van der Waals surface area contributed by atoms with Crippen molar-refractivity contribution in [1.82, 2.24) is 10.2 Å². The SMILES string of the molecule is CCNC(=O)C1(Cc2ccccc2-c2cccc(C)c2)CCN(C(=O)C2CCC2)C1. The molecule has 1 heterocycles. The molecular formula is C26H32N2O2. The summed E-state index contributed by atoms with van der Waals surface area (Å²) in [4.78, 5) is 28.1. The molecule has 158 valence electrons. The number of benzene rings is 2. The highest BCUT2D eigenvalue weighted by molar-refractivity contribution is 5.87. The molecule has 0 spiro atoms. The van der Waals surface area contributed by atoms with Crippen molar-refractivity contribution in [3.8, 4) is 11.1 Å². The van der Waals surface area contributed by atoms with Crippen molar-refractivity contribution in [2.45, 2.75) is 46.0 Å². The van der Waals surface area contributed by atoms with Crippen LogP contribution in [0.15, 0.2) is 48.5 Å². The van der Waals surface area contributed by atoms with E-state index in [1.165, 1.54) is 22.3 Å². The van der Waals surface area contributed by atoms with Gasteiger partial charge in [0.25, 0.3) is 0 Å². The van der Waals surface area contributed by atoms with Gasteiger partial charge >= 0.3 is 0 Å². The minimum absolute atomic E-state index is 0.0768. The molecule has 1 aliphatic carbocycles. The lowest BCUT2D eigenvalue weighted by Gasteiger charge is -2.32. The highest BCUT2D eigenvalue weighted by Gasteiger charge is 2.47. The van der Waals surface area contributed by atoms with Crippen LogP contribution < -0.4 is 5.32 Å². The summed E-state index contributed by atoms with van der Waals surface area (Å²) in [6.07, 6.45) is 4.52. The number of likely N-dealkylation sites (tertiary alicyclic amines) is 1. The second kappa shape index (κ2) is 8.63. The first kappa shape index (κ1) is 20.6. The maximum Gasteiger partial charge on any atom is 0.228 e. The zero-order valence-electron chi connectivity index (χ0n) is 18.1. The van der Waals surface area contributed by atoms with Crippen LogP contribution in [0.1, 0.15) is 43.7 Å². The summed E-state index contributed by atoms with van der Waals surface area (Å²) in [6.45, 7) is 5.87. The molecule has 4 rings (SSSR count). The molecule has 1 N–H and O–H groups in total. The fourth-order valence-electron chi connectivity index (χ4n) is 4.87. The molecule has 2 fully saturated rings. The molecule has 1 unspecified atom stereocenters. The van der Waals surface area contributed by atoms with E-state index in [4.69, 9.17) is 0 Å². The third-order valence-electron chi connectivity index (χ3n) is 6.81. The summed E-state index contributed by atoms with van der Waals surface area (Å²) in [5.41, 5.74) is 4.19. The van der Waals surface area contributed by atoms with Crippen molar-refractivity contribution in [2.24, 2.45) is 11.3 Å². The monoisotopic (exact) mass is 404 g/mol. The summed E-state index contributed by atoms with van der Waals surface area (Å²) in [6, 6.07) is 16.9. The quantitative estimate of drug-likeness (QED) is 0.778. The number of aryl methyl sites for hydroxylation is 1. The molecule has 2 aliphatic rings. The molecule has 1 saturated carbocycles. The first-order valence-corrected chi connectivity index (χ1v) is 11.2. The van der Waals surface area contributed by atoms with Gasteiger partial charge in [0.05, 0.1) is 5.41 Å². The van der Waals surface area contributed by atoms with Crippen LogP contribution in [0.25, 0.3) is 11.1 Å². The van der Waals surface area contributed by atoms with Gasteiger partial charge in [-0.2, -0.15) is 0 Å². The summed E-state index contributed by atoms with van der Waals surface area (Å²) < 4.78 is 0. The van der Waals surface area contributed by atoms with Crippen LogP contribution in [0.4, 0.5) is 0 Å². The molecule has 4 heteroatoms. The Labute approximate surface area is 179 Å². The van der Waals surface area contributed by atoms with Gasteiger partial charge in [-0.1, -0.05) is 60.5 Å². The number of rotatable bonds is 6. The van der Waals surface area contributed by atoms with E-state index in [1.807, 2.05) is 17.9 Å². The molecule has 2 aromatic carbocycles. The third-order valence-corrected chi connectivity index (χ3v) is 6.81. The molecule has 2 amide bonds. The van der Waals surface area contributed by atoms with Crippen LogP contribution in [0.2, 0.25) is 0 Å². The Morgan fingerprint density at radius 2 is 1.93 bits per heavy atom. The second-order valence-corrected chi connectivity index (χ2v) is 8.98. The third kappa shape index (κ3) is 4.00. The molecule has 0 bridgehead atoms. The number of carbonyl (C=O) groups is 2. The molecule has 1 atom stereocenters. The fourth-order valence-corrected chi connectivity index (χ4v) is 4.87. The fraction of sp³-hybridized carbons (Fsp3) is 0.462.